The number of rotatable bonds is 6. The number of anilines is 1. The lowest BCUT2D eigenvalue weighted by atomic mass is 10.1. The first-order chi connectivity index (χ1) is 14.5. The van der Waals surface area contributed by atoms with Gasteiger partial charge >= 0.3 is 5.69 Å². The van der Waals surface area contributed by atoms with Gasteiger partial charge in [-0.05, 0) is 42.3 Å². The monoisotopic (exact) mass is 423 g/mol. The van der Waals surface area contributed by atoms with Gasteiger partial charge in [0.15, 0.2) is 5.65 Å². The lowest BCUT2D eigenvalue weighted by molar-refractivity contribution is -0.117. The maximum absolute atomic E-state index is 13.5. The van der Waals surface area contributed by atoms with E-state index in [1.165, 1.54) is 40.7 Å². The van der Waals surface area contributed by atoms with Crippen molar-refractivity contribution in [3.63, 3.8) is 0 Å². The van der Waals surface area contributed by atoms with Crippen LogP contribution in [0, 0.1) is 5.82 Å². The predicted octanol–water partition coefficient (Wildman–Crippen LogP) is 3.38. The van der Waals surface area contributed by atoms with Crippen LogP contribution in [0.3, 0.4) is 0 Å². The van der Waals surface area contributed by atoms with Gasteiger partial charge < -0.3 is 5.32 Å². The molecule has 0 unspecified atom stereocenters. The molecule has 1 N–H and O–H groups in total. The van der Waals surface area contributed by atoms with E-state index in [1.807, 2.05) is 25.1 Å². The number of carbonyl (C=O) groups excluding carboxylic acids is 1. The standard InChI is InChI=1S/C21H18FN5O2S/c1-2-14-5-3-7-16(11-14)24-18(28)13-27-21(29)26-10-9-23-20(19(26)25-27)30-17-8-4-6-15(22)12-17/h3-12H,2,13H2,1H3,(H,24,28). The SMILES string of the molecule is CCc1cccc(NC(=O)Cn2nc3c(Sc4cccc(F)c4)nccn3c2=O)c1. The summed E-state index contributed by atoms with van der Waals surface area (Å²) in [4.78, 5) is 30.0. The molecule has 0 fully saturated rings. The first-order valence-corrected chi connectivity index (χ1v) is 10.1. The molecule has 9 heteroatoms. The number of nitrogens with one attached hydrogen (secondary N) is 1. The summed E-state index contributed by atoms with van der Waals surface area (Å²) in [5, 5.41) is 7.50. The zero-order valence-corrected chi connectivity index (χ0v) is 16.9. The quantitative estimate of drug-likeness (QED) is 0.514. The van der Waals surface area contributed by atoms with E-state index >= 15 is 0 Å². The third-order valence-corrected chi connectivity index (χ3v) is 5.36. The Morgan fingerprint density at radius 1 is 1.20 bits per heavy atom. The predicted molar refractivity (Wildman–Crippen MR) is 112 cm³/mol. The summed E-state index contributed by atoms with van der Waals surface area (Å²) >= 11 is 1.19. The van der Waals surface area contributed by atoms with Crippen molar-refractivity contribution in [3.05, 3.63) is 82.8 Å². The Morgan fingerprint density at radius 2 is 2.03 bits per heavy atom. The molecule has 2 aromatic carbocycles. The number of nitrogens with zero attached hydrogens (tertiary/aromatic N) is 4. The highest BCUT2D eigenvalue weighted by molar-refractivity contribution is 7.99. The first kappa shape index (κ1) is 19.8. The van der Waals surface area contributed by atoms with E-state index in [9.17, 15) is 14.0 Å². The van der Waals surface area contributed by atoms with Crippen LogP contribution in [-0.2, 0) is 17.8 Å². The van der Waals surface area contributed by atoms with E-state index in [2.05, 4.69) is 15.4 Å². The number of hydrogen-bond donors (Lipinski definition) is 1. The fraction of sp³-hybridized carbons (Fsp3) is 0.143. The van der Waals surface area contributed by atoms with Gasteiger partial charge in [-0.15, -0.1) is 5.10 Å². The minimum atomic E-state index is -0.453. The summed E-state index contributed by atoms with van der Waals surface area (Å²) < 4.78 is 15.9. The fourth-order valence-electron chi connectivity index (χ4n) is 2.95. The number of fused-ring (bicyclic) bond motifs is 1. The van der Waals surface area contributed by atoms with Gasteiger partial charge in [0, 0.05) is 23.0 Å². The maximum Gasteiger partial charge on any atom is 0.350 e. The smallest absolute Gasteiger partial charge is 0.324 e. The van der Waals surface area contributed by atoms with Gasteiger partial charge in [0.25, 0.3) is 0 Å². The Balaban J connectivity index is 1.58. The molecule has 0 atom stereocenters. The second-order valence-electron chi connectivity index (χ2n) is 6.53. The molecular formula is C21H18FN5O2S. The molecule has 0 aliphatic carbocycles. The highest BCUT2D eigenvalue weighted by Gasteiger charge is 2.15. The zero-order valence-electron chi connectivity index (χ0n) is 16.1. The molecule has 0 saturated carbocycles. The molecule has 0 bridgehead atoms. The van der Waals surface area contributed by atoms with Crippen LogP contribution in [0.25, 0.3) is 5.65 Å². The van der Waals surface area contributed by atoms with Crippen LogP contribution in [0.5, 0.6) is 0 Å². The van der Waals surface area contributed by atoms with Gasteiger partial charge in [-0.1, -0.05) is 36.9 Å². The molecule has 0 spiro atoms. The normalized spacial score (nSPS) is 11.0. The van der Waals surface area contributed by atoms with Crippen molar-refractivity contribution in [2.24, 2.45) is 0 Å². The molecule has 0 aliphatic heterocycles. The van der Waals surface area contributed by atoms with Crippen LogP contribution in [0.2, 0.25) is 0 Å². The lowest BCUT2D eigenvalue weighted by Gasteiger charge is -2.06. The second kappa shape index (κ2) is 8.50. The van der Waals surface area contributed by atoms with Crippen LogP contribution in [0.1, 0.15) is 12.5 Å². The van der Waals surface area contributed by atoms with Crippen molar-refractivity contribution in [3.8, 4) is 0 Å². The summed E-state index contributed by atoms with van der Waals surface area (Å²) in [6.07, 6.45) is 3.81. The van der Waals surface area contributed by atoms with Crippen LogP contribution in [-0.4, -0.2) is 25.1 Å². The van der Waals surface area contributed by atoms with E-state index < -0.39 is 5.69 Å². The van der Waals surface area contributed by atoms with Crippen molar-refractivity contribution < 1.29 is 9.18 Å². The molecule has 4 aromatic rings. The second-order valence-corrected chi connectivity index (χ2v) is 7.59. The number of benzene rings is 2. The van der Waals surface area contributed by atoms with E-state index in [0.717, 1.165) is 16.7 Å². The molecule has 4 rings (SSSR count). The molecule has 0 saturated heterocycles. The minimum Gasteiger partial charge on any atom is -0.324 e. The van der Waals surface area contributed by atoms with Crippen LogP contribution in [0.15, 0.2) is 75.6 Å². The highest BCUT2D eigenvalue weighted by Crippen LogP contribution is 2.28. The number of amides is 1. The average Bonchev–Trinajstić information content (AvgIpc) is 3.05. The molecule has 152 valence electrons. The number of carbonyl (C=O) groups is 1. The first-order valence-electron chi connectivity index (χ1n) is 9.30. The molecule has 7 nitrogen and oxygen atoms in total. The van der Waals surface area contributed by atoms with Crippen molar-refractivity contribution in [1.29, 1.82) is 0 Å². The largest absolute Gasteiger partial charge is 0.350 e. The number of hydrogen-bond acceptors (Lipinski definition) is 5. The number of aromatic nitrogens is 4. The summed E-state index contributed by atoms with van der Waals surface area (Å²) in [6, 6.07) is 13.6. The Kier molecular flexibility index (Phi) is 5.62. The van der Waals surface area contributed by atoms with Crippen molar-refractivity contribution in [1.82, 2.24) is 19.2 Å². The summed E-state index contributed by atoms with van der Waals surface area (Å²) in [5.41, 5.74) is 1.62. The molecule has 2 aromatic heterocycles. The molecule has 0 radical (unpaired) electrons. The average molecular weight is 423 g/mol. The van der Waals surface area contributed by atoms with Crippen LogP contribution in [0.4, 0.5) is 10.1 Å². The summed E-state index contributed by atoms with van der Waals surface area (Å²) in [6.45, 7) is 1.80. The van der Waals surface area contributed by atoms with E-state index in [0.29, 0.717) is 21.3 Å². The fourth-order valence-corrected chi connectivity index (χ4v) is 3.83. The van der Waals surface area contributed by atoms with Crippen molar-refractivity contribution in [2.75, 3.05) is 5.32 Å². The Bertz CT molecular complexity index is 1280. The van der Waals surface area contributed by atoms with Crippen molar-refractivity contribution >= 4 is 29.0 Å². The van der Waals surface area contributed by atoms with Crippen LogP contribution >= 0.6 is 11.8 Å². The number of halogens is 1. The Hall–Kier alpha value is -3.46. The third-order valence-electron chi connectivity index (χ3n) is 4.39. The highest BCUT2D eigenvalue weighted by atomic mass is 32.2. The van der Waals surface area contributed by atoms with Gasteiger partial charge in [0.1, 0.15) is 17.4 Å². The topological polar surface area (TPSA) is 81.3 Å². The van der Waals surface area contributed by atoms with E-state index in [-0.39, 0.29) is 18.3 Å². The summed E-state index contributed by atoms with van der Waals surface area (Å²) in [7, 11) is 0. The van der Waals surface area contributed by atoms with E-state index in [4.69, 9.17) is 0 Å². The molecule has 30 heavy (non-hydrogen) atoms. The van der Waals surface area contributed by atoms with Gasteiger partial charge in [0.05, 0.1) is 0 Å². The van der Waals surface area contributed by atoms with Crippen LogP contribution < -0.4 is 11.0 Å². The van der Waals surface area contributed by atoms with Crippen molar-refractivity contribution in [2.45, 2.75) is 29.8 Å². The molecular weight excluding hydrogens is 405 g/mol. The Morgan fingerprint density at radius 3 is 2.83 bits per heavy atom. The summed E-state index contributed by atoms with van der Waals surface area (Å²) in [5.74, 6) is -0.722. The zero-order chi connectivity index (χ0) is 21.1. The molecule has 2 heterocycles. The van der Waals surface area contributed by atoms with E-state index in [1.54, 1.807) is 18.2 Å². The Labute approximate surface area is 175 Å². The minimum absolute atomic E-state index is 0.235. The van der Waals surface area contributed by atoms with Gasteiger partial charge in [-0.2, -0.15) is 0 Å². The number of aryl methyl sites for hydroxylation is 1. The molecule has 0 aliphatic rings. The third kappa shape index (κ3) is 4.25. The van der Waals surface area contributed by atoms with Gasteiger partial charge in [0.2, 0.25) is 5.91 Å². The maximum atomic E-state index is 13.5. The van der Waals surface area contributed by atoms with Gasteiger partial charge in [-0.3, -0.25) is 4.79 Å². The van der Waals surface area contributed by atoms with Gasteiger partial charge in [-0.25, -0.2) is 23.3 Å². The molecule has 1 amide bonds. The lowest BCUT2D eigenvalue weighted by Crippen LogP contribution is -2.28.